The Balaban J connectivity index is 2.37. The van der Waals surface area contributed by atoms with Crippen molar-refractivity contribution >= 4 is 0 Å². The first-order chi connectivity index (χ1) is 7.15. The fraction of sp³-hybridized carbons (Fsp3) is 0.909. The Labute approximate surface area is 91.4 Å². The molecular formula is C11H20N2O2. The predicted molar refractivity (Wildman–Crippen MR) is 56.8 cm³/mol. The molecule has 1 N–H and O–H groups in total. The van der Waals surface area contributed by atoms with Gasteiger partial charge in [0.2, 0.25) is 6.41 Å². The zero-order chi connectivity index (χ0) is 11.3. The van der Waals surface area contributed by atoms with Crippen LogP contribution in [0.5, 0.6) is 0 Å². The minimum absolute atomic E-state index is 0.164. The Bertz CT molecular complexity index is 225. The van der Waals surface area contributed by atoms with Crippen molar-refractivity contribution in [3.8, 4) is 6.07 Å². The van der Waals surface area contributed by atoms with Crippen molar-refractivity contribution in [1.29, 1.82) is 5.26 Å². The molecule has 0 aromatic rings. The van der Waals surface area contributed by atoms with Crippen molar-refractivity contribution in [3.63, 3.8) is 0 Å². The molecule has 1 rings (SSSR count). The second kappa shape index (κ2) is 6.06. The number of nitriles is 1. The van der Waals surface area contributed by atoms with Crippen LogP contribution in [-0.4, -0.2) is 35.6 Å². The van der Waals surface area contributed by atoms with Gasteiger partial charge in [-0.2, -0.15) is 5.26 Å². The summed E-state index contributed by atoms with van der Waals surface area (Å²) in [6.45, 7) is 5.47. The Kier molecular flexibility index (Phi) is 5.03. The van der Waals surface area contributed by atoms with E-state index in [0.29, 0.717) is 18.9 Å². The first-order valence-corrected chi connectivity index (χ1v) is 5.57. The zero-order valence-electron chi connectivity index (χ0n) is 9.52. The summed E-state index contributed by atoms with van der Waals surface area (Å²) in [4.78, 5) is 1.88. The van der Waals surface area contributed by atoms with E-state index in [9.17, 15) is 5.11 Å². The van der Waals surface area contributed by atoms with E-state index in [1.54, 1.807) is 0 Å². The highest BCUT2D eigenvalue weighted by molar-refractivity contribution is 4.86. The fourth-order valence-electron chi connectivity index (χ4n) is 1.85. The van der Waals surface area contributed by atoms with Crippen LogP contribution in [-0.2, 0) is 4.74 Å². The van der Waals surface area contributed by atoms with Crippen LogP contribution in [0.1, 0.15) is 33.1 Å². The summed E-state index contributed by atoms with van der Waals surface area (Å²) < 4.78 is 5.34. The summed E-state index contributed by atoms with van der Waals surface area (Å²) in [5.41, 5.74) is 0. The molecule has 0 aromatic heterocycles. The quantitative estimate of drug-likeness (QED) is 0.698. The van der Waals surface area contributed by atoms with Gasteiger partial charge in [0.1, 0.15) is 0 Å². The number of nitrogens with zero attached hydrogens (tertiary/aromatic N) is 2. The van der Waals surface area contributed by atoms with E-state index in [1.165, 1.54) is 0 Å². The van der Waals surface area contributed by atoms with Gasteiger partial charge in [-0.25, -0.2) is 0 Å². The Hall–Kier alpha value is -0.630. The van der Waals surface area contributed by atoms with Gasteiger partial charge in [0.25, 0.3) is 0 Å². The molecule has 2 atom stereocenters. The number of aliphatic hydroxyl groups excluding tert-OH is 1. The molecule has 0 bridgehead atoms. The van der Waals surface area contributed by atoms with Crippen LogP contribution in [0.2, 0.25) is 0 Å². The summed E-state index contributed by atoms with van der Waals surface area (Å²) >= 11 is 0. The van der Waals surface area contributed by atoms with Gasteiger partial charge in [0, 0.05) is 12.6 Å². The van der Waals surface area contributed by atoms with E-state index in [1.807, 2.05) is 18.7 Å². The topological polar surface area (TPSA) is 56.5 Å². The summed E-state index contributed by atoms with van der Waals surface area (Å²) in [5, 5.41) is 18.4. The van der Waals surface area contributed by atoms with Crippen LogP contribution >= 0.6 is 0 Å². The molecule has 86 valence electrons. The molecule has 1 saturated heterocycles. The zero-order valence-corrected chi connectivity index (χ0v) is 9.52. The number of rotatable bonds is 5. The smallest absolute Gasteiger partial charge is 0.216 e. The molecule has 4 nitrogen and oxygen atoms in total. The van der Waals surface area contributed by atoms with Crippen LogP contribution in [0.25, 0.3) is 0 Å². The molecule has 0 radical (unpaired) electrons. The Morgan fingerprint density at radius 1 is 1.60 bits per heavy atom. The van der Waals surface area contributed by atoms with E-state index in [0.717, 1.165) is 19.4 Å². The normalized spacial score (nSPS) is 24.3. The van der Waals surface area contributed by atoms with Gasteiger partial charge < -0.3 is 9.84 Å². The predicted octanol–water partition coefficient (Wildman–Crippen LogP) is 1.31. The minimum Gasteiger partial charge on any atom is -0.356 e. The molecule has 15 heavy (non-hydrogen) atoms. The third-order valence-corrected chi connectivity index (χ3v) is 2.61. The molecule has 1 heterocycles. The number of hydrogen-bond donors (Lipinski definition) is 1. The lowest BCUT2D eigenvalue weighted by atomic mass is 10.2. The highest BCUT2D eigenvalue weighted by Gasteiger charge is 2.29. The number of hydrogen-bond acceptors (Lipinski definition) is 4. The highest BCUT2D eigenvalue weighted by Crippen LogP contribution is 2.22. The van der Waals surface area contributed by atoms with Gasteiger partial charge in [-0.3, -0.25) is 4.90 Å². The second-order valence-corrected chi connectivity index (χ2v) is 4.45. The van der Waals surface area contributed by atoms with Crippen molar-refractivity contribution in [1.82, 2.24) is 4.90 Å². The van der Waals surface area contributed by atoms with Gasteiger partial charge in [-0.15, -0.1) is 0 Å². The molecule has 1 fully saturated rings. The van der Waals surface area contributed by atoms with Gasteiger partial charge in [-0.05, 0) is 18.8 Å². The Morgan fingerprint density at radius 3 is 2.93 bits per heavy atom. The first-order valence-electron chi connectivity index (χ1n) is 5.57. The van der Waals surface area contributed by atoms with Crippen molar-refractivity contribution < 1.29 is 9.84 Å². The van der Waals surface area contributed by atoms with Gasteiger partial charge in [0.15, 0.2) is 0 Å². The lowest BCUT2D eigenvalue weighted by molar-refractivity contribution is -0.201. The number of aliphatic hydroxyl groups is 1. The fourth-order valence-corrected chi connectivity index (χ4v) is 1.85. The molecule has 0 spiro atoms. The molecule has 0 amide bonds. The Morgan fingerprint density at radius 2 is 2.33 bits per heavy atom. The molecule has 4 heteroatoms. The molecule has 1 aliphatic heterocycles. The van der Waals surface area contributed by atoms with Crippen molar-refractivity contribution in [2.24, 2.45) is 5.92 Å². The molecule has 0 unspecified atom stereocenters. The van der Waals surface area contributed by atoms with Crippen LogP contribution in [0.15, 0.2) is 0 Å². The SMILES string of the molecule is CC(C)CO[C@H](O)N1CCC[C@@H]1CC#N. The molecule has 1 aliphatic rings. The third kappa shape index (κ3) is 3.78. The molecule has 0 aliphatic carbocycles. The molecule has 0 saturated carbocycles. The summed E-state index contributed by atoms with van der Waals surface area (Å²) in [5.74, 6) is 0.414. The van der Waals surface area contributed by atoms with Crippen molar-refractivity contribution in [2.75, 3.05) is 13.2 Å². The maximum absolute atomic E-state index is 9.79. The lowest BCUT2D eigenvalue weighted by Gasteiger charge is -2.28. The van der Waals surface area contributed by atoms with Crippen LogP contribution < -0.4 is 0 Å². The monoisotopic (exact) mass is 212 g/mol. The van der Waals surface area contributed by atoms with E-state index >= 15 is 0 Å². The lowest BCUT2D eigenvalue weighted by Crippen LogP contribution is -2.41. The molecular weight excluding hydrogens is 192 g/mol. The summed E-state index contributed by atoms with van der Waals surface area (Å²) in [7, 11) is 0. The van der Waals surface area contributed by atoms with Crippen LogP contribution in [0.3, 0.4) is 0 Å². The summed E-state index contributed by atoms with van der Waals surface area (Å²) in [6, 6.07) is 2.32. The van der Waals surface area contributed by atoms with Crippen molar-refractivity contribution in [3.05, 3.63) is 0 Å². The van der Waals surface area contributed by atoms with Gasteiger partial charge in [0.05, 0.1) is 19.1 Å². The first kappa shape index (κ1) is 12.4. The maximum Gasteiger partial charge on any atom is 0.216 e. The minimum atomic E-state index is -0.840. The molecule has 0 aromatic carbocycles. The van der Waals surface area contributed by atoms with Gasteiger partial charge >= 0.3 is 0 Å². The van der Waals surface area contributed by atoms with Crippen LogP contribution in [0, 0.1) is 17.2 Å². The van der Waals surface area contributed by atoms with E-state index < -0.39 is 6.41 Å². The number of ether oxygens (including phenoxy) is 1. The van der Waals surface area contributed by atoms with Gasteiger partial charge in [-0.1, -0.05) is 13.8 Å². The summed E-state index contributed by atoms with van der Waals surface area (Å²) in [6.07, 6.45) is 1.65. The number of likely N-dealkylation sites (tertiary alicyclic amines) is 1. The maximum atomic E-state index is 9.79. The van der Waals surface area contributed by atoms with E-state index in [4.69, 9.17) is 10.00 Å². The van der Waals surface area contributed by atoms with Crippen LogP contribution in [0.4, 0.5) is 0 Å². The highest BCUT2D eigenvalue weighted by atomic mass is 16.6. The standard InChI is InChI=1S/C11H20N2O2/c1-9(2)8-15-11(14)13-7-3-4-10(13)5-6-12/h9-11,14H,3-5,7-8H2,1-2H3/t10-,11+/m1/s1. The third-order valence-electron chi connectivity index (χ3n) is 2.61. The van der Waals surface area contributed by atoms with E-state index in [-0.39, 0.29) is 6.04 Å². The largest absolute Gasteiger partial charge is 0.356 e. The van der Waals surface area contributed by atoms with Crippen molar-refractivity contribution in [2.45, 2.75) is 45.6 Å². The average molecular weight is 212 g/mol. The second-order valence-electron chi connectivity index (χ2n) is 4.45. The average Bonchev–Trinajstić information content (AvgIpc) is 2.63. The van der Waals surface area contributed by atoms with E-state index in [2.05, 4.69) is 6.07 Å².